The van der Waals surface area contributed by atoms with Gasteiger partial charge in [-0.25, -0.2) is 4.79 Å². The fourth-order valence-electron chi connectivity index (χ4n) is 1.07. The minimum atomic E-state index is -1.15. The number of hydrogen-bond acceptors (Lipinski definition) is 3. The summed E-state index contributed by atoms with van der Waals surface area (Å²) >= 11 is 0. The lowest BCUT2D eigenvalue weighted by molar-refractivity contribution is -0.151. The highest BCUT2D eigenvalue weighted by Crippen LogP contribution is 2.06. The smallest absolute Gasteiger partial charge is 0.326 e. The van der Waals surface area contributed by atoms with E-state index < -0.39 is 29.8 Å². The number of aliphatic carboxylic acids is 2. The molecule has 0 spiro atoms. The van der Waals surface area contributed by atoms with Crippen LogP contribution in [0.25, 0.3) is 0 Å². The zero-order chi connectivity index (χ0) is 12.2. The Bertz CT molecular complexity index is 276. The number of nitrogens with zero attached hydrogens (tertiary/aromatic N) is 1. The Labute approximate surface area is 87.5 Å². The molecule has 0 bridgehead atoms. The first kappa shape index (κ1) is 13.4. The van der Waals surface area contributed by atoms with Crippen LogP contribution in [-0.4, -0.2) is 45.5 Å². The zero-order valence-corrected chi connectivity index (χ0v) is 8.93. The van der Waals surface area contributed by atoms with Gasteiger partial charge < -0.3 is 15.1 Å². The summed E-state index contributed by atoms with van der Waals surface area (Å²) in [6.07, 6.45) is 0. The predicted octanol–water partition coefficient (Wildman–Crippen LogP) is 0.0287. The van der Waals surface area contributed by atoms with E-state index in [-0.39, 0.29) is 6.54 Å². The van der Waals surface area contributed by atoms with Crippen molar-refractivity contribution in [2.24, 2.45) is 5.92 Å². The first-order valence-corrected chi connectivity index (χ1v) is 4.50. The summed E-state index contributed by atoms with van der Waals surface area (Å²) in [7, 11) is 0. The largest absolute Gasteiger partial charge is 0.481 e. The summed E-state index contributed by atoms with van der Waals surface area (Å²) in [6.45, 7) is 3.89. The number of rotatable bonds is 5. The van der Waals surface area contributed by atoms with Gasteiger partial charge in [0.15, 0.2) is 0 Å². The van der Waals surface area contributed by atoms with E-state index in [1.807, 2.05) is 0 Å². The molecule has 2 atom stereocenters. The van der Waals surface area contributed by atoms with E-state index in [1.54, 1.807) is 0 Å². The van der Waals surface area contributed by atoms with Crippen LogP contribution in [0, 0.1) is 5.92 Å². The number of amides is 1. The Kier molecular flexibility index (Phi) is 4.77. The van der Waals surface area contributed by atoms with E-state index in [0.29, 0.717) is 0 Å². The molecule has 0 saturated carbocycles. The molecule has 6 heteroatoms. The third-order valence-electron chi connectivity index (χ3n) is 2.12. The molecule has 0 aliphatic heterocycles. The molecule has 0 heterocycles. The van der Waals surface area contributed by atoms with Gasteiger partial charge in [0.2, 0.25) is 5.91 Å². The lowest BCUT2D eigenvalue weighted by atomic mass is 10.1. The van der Waals surface area contributed by atoms with Gasteiger partial charge in [-0.15, -0.1) is 0 Å². The average molecular weight is 217 g/mol. The Morgan fingerprint density at radius 1 is 1.13 bits per heavy atom. The van der Waals surface area contributed by atoms with Crippen LogP contribution in [0.4, 0.5) is 0 Å². The molecule has 6 nitrogen and oxygen atoms in total. The second kappa shape index (κ2) is 5.33. The molecule has 1 amide bonds. The molecule has 0 aromatic rings. The number of hydrogen-bond donors (Lipinski definition) is 2. The van der Waals surface area contributed by atoms with Gasteiger partial charge in [0, 0.05) is 13.5 Å². The Balaban J connectivity index is 4.62. The van der Waals surface area contributed by atoms with Crippen molar-refractivity contribution in [1.82, 2.24) is 4.90 Å². The number of carbonyl (C=O) groups excluding carboxylic acids is 1. The topological polar surface area (TPSA) is 94.9 Å². The van der Waals surface area contributed by atoms with Crippen LogP contribution in [0.2, 0.25) is 0 Å². The molecule has 0 aliphatic rings. The fourth-order valence-corrected chi connectivity index (χ4v) is 1.07. The minimum Gasteiger partial charge on any atom is -0.481 e. The second-order valence-corrected chi connectivity index (χ2v) is 3.42. The van der Waals surface area contributed by atoms with Crippen LogP contribution in [0.3, 0.4) is 0 Å². The maximum atomic E-state index is 11.1. The molecule has 2 unspecified atom stereocenters. The summed E-state index contributed by atoms with van der Waals surface area (Å²) in [5, 5.41) is 17.4. The molecule has 2 N–H and O–H groups in total. The van der Waals surface area contributed by atoms with E-state index >= 15 is 0 Å². The standard InChI is InChI=1S/C9H15NO5/c1-5(8(12)13)4-10(7(3)11)6(2)9(14)15/h5-6H,4H2,1-3H3,(H,12,13)(H,14,15). The first-order valence-electron chi connectivity index (χ1n) is 4.50. The zero-order valence-electron chi connectivity index (χ0n) is 8.93. The van der Waals surface area contributed by atoms with E-state index in [4.69, 9.17) is 10.2 Å². The van der Waals surface area contributed by atoms with Crippen LogP contribution in [-0.2, 0) is 14.4 Å². The molecule has 0 aromatic carbocycles. The van der Waals surface area contributed by atoms with Crippen molar-refractivity contribution in [3.63, 3.8) is 0 Å². The molecule has 0 aromatic heterocycles. The van der Waals surface area contributed by atoms with Gasteiger partial charge in [0.25, 0.3) is 0 Å². The van der Waals surface area contributed by atoms with Crippen molar-refractivity contribution in [3.8, 4) is 0 Å². The monoisotopic (exact) mass is 217 g/mol. The summed E-state index contributed by atoms with van der Waals surface area (Å²) in [4.78, 5) is 33.4. The highest BCUT2D eigenvalue weighted by atomic mass is 16.4. The van der Waals surface area contributed by atoms with Crippen molar-refractivity contribution in [3.05, 3.63) is 0 Å². The highest BCUT2D eigenvalue weighted by molar-refractivity contribution is 5.82. The van der Waals surface area contributed by atoms with E-state index in [1.165, 1.54) is 20.8 Å². The molecule has 15 heavy (non-hydrogen) atoms. The Hall–Kier alpha value is -1.59. The summed E-state index contributed by atoms with van der Waals surface area (Å²) < 4.78 is 0. The van der Waals surface area contributed by atoms with Crippen LogP contribution < -0.4 is 0 Å². The molecule has 0 fully saturated rings. The van der Waals surface area contributed by atoms with Crippen LogP contribution in [0.5, 0.6) is 0 Å². The predicted molar refractivity (Wildman–Crippen MR) is 51.3 cm³/mol. The average Bonchev–Trinajstić information content (AvgIpc) is 2.11. The van der Waals surface area contributed by atoms with Crippen molar-refractivity contribution in [1.29, 1.82) is 0 Å². The maximum Gasteiger partial charge on any atom is 0.326 e. The molecule has 0 radical (unpaired) electrons. The highest BCUT2D eigenvalue weighted by Gasteiger charge is 2.26. The van der Waals surface area contributed by atoms with Crippen LogP contribution in [0.1, 0.15) is 20.8 Å². The summed E-state index contributed by atoms with van der Waals surface area (Å²) in [5.41, 5.74) is 0. The quantitative estimate of drug-likeness (QED) is 0.677. The minimum absolute atomic E-state index is 0.0991. The SMILES string of the molecule is CC(=O)N(CC(C)C(=O)O)C(C)C(=O)O. The van der Waals surface area contributed by atoms with Gasteiger partial charge in [-0.1, -0.05) is 6.92 Å². The molecular formula is C9H15NO5. The van der Waals surface area contributed by atoms with Crippen LogP contribution in [0.15, 0.2) is 0 Å². The molecular weight excluding hydrogens is 202 g/mol. The second-order valence-electron chi connectivity index (χ2n) is 3.42. The molecule has 0 aliphatic carbocycles. The van der Waals surface area contributed by atoms with Gasteiger partial charge in [-0.3, -0.25) is 9.59 Å². The van der Waals surface area contributed by atoms with Gasteiger partial charge >= 0.3 is 11.9 Å². The van der Waals surface area contributed by atoms with E-state index in [0.717, 1.165) is 4.90 Å². The van der Waals surface area contributed by atoms with Gasteiger partial charge in [0.05, 0.1) is 5.92 Å². The van der Waals surface area contributed by atoms with E-state index in [2.05, 4.69) is 0 Å². The van der Waals surface area contributed by atoms with Gasteiger partial charge in [0.1, 0.15) is 6.04 Å². The lowest BCUT2D eigenvalue weighted by Gasteiger charge is -2.26. The number of carbonyl (C=O) groups is 3. The fraction of sp³-hybridized carbons (Fsp3) is 0.667. The Morgan fingerprint density at radius 2 is 1.60 bits per heavy atom. The van der Waals surface area contributed by atoms with Gasteiger partial charge in [-0.05, 0) is 6.92 Å². The molecule has 0 saturated heterocycles. The summed E-state index contributed by atoms with van der Waals surface area (Å²) in [6, 6.07) is -1.01. The van der Waals surface area contributed by atoms with Crippen LogP contribution >= 0.6 is 0 Å². The first-order chi connectivity index (χ1) is 6.77. The van der Waals surface area contributed by atoms with Crippen molar-refractivity contribution in [2.45, 2.75) is 26.8 Å². The normalized spacial score (nSPS) is 14.1. The van der Waals surface area contributed by atoms with Crippen molar-refractivity contribution < 1.29 is 24.6 Å². The van der Waals surface area contributed by atoms with Crippen molar-refractivity contribution >= 4 is 17.8 Å². The number of carboxylic acids is 2. The van der Waals surface area contributed by atoms with Gasteiger partial charge in [-0.2, -0.15) is 0 Å². The summed E-state index contributed by atoms with van der Waals surface area (Å²) in [5.74, 6) is -3.43. The third-order valence-corrected chi connectivity index (χ3v) is 2.12. The van der Waals surface area contributed by atoms with Crippen molar-refractivity contribution in [2.75, 3.05) is 6.54 Å². The van der Waals surface area contributed by atoms with E-state index in [9.17, 15) is 14.4 Å². The molecule has 0 rings (SSSR count). The third kappa shape index (κ3) is 3.97. The molecule has 86 valence electrons. The lowest BCUT2D eigenvalue weighted by Crippen LogP contribution is -2.45. The maximum absolute atomic E-state index is 11.1. The Morgan fingerprint density at radius 3 is 1.87 bits per heavy atom. The number of carboxylic acid groups (broad SMARTS) is 2.